The summed E-state index contributed by atoms with van der Waals surface area (Å²) in [6, 6.07) is 16.5. The second-order valence-corrected chi connectivity index (χ2v) is 7.86. The van der Waals surface area contributed by atoms with Gasteiger partial charge in [0.05, 0.1) is 18.5 Å². The number of imidazole rings is 1. The lowest BCUT2D eigenvalue weighted by atomic mass is 10.1. The number of nitrogens with one attached hydrogen (secondary N) is 3. The number of hydrogen-bond donors (Lipinski definition) is 3. The van der Waals surface area contributed by atoms with Crippen molar-refractivity contribution in [3.63, 3.8) is 0 Å². The van der Waals surface area contributed by atoms with Crippen LogP contribution in [0.3, 0.4) is 0 Å². The third-order valence-electron chi connectivity index (χ3n) is 5.34. The van der Waals surface area contributed by atoms with Crippen LogP contribution in [0.4, 0.5) is 27.7 Å². The third-order valence-corrected chi connectivity index (χ3v) is 5.34. The number of benzene rings is 2. The van der Waals surface area contributed by atoms with E-state index in [1.165, 1.54) is 0 Å². The van der Waals surface area contributed by atoms with E-state index in [2.05, 4.69) is 25.9 Å². The predicted molar refractivity (Wildman–Crippen MR) is 136 cm³/mol. The molecule has 0 saturated heterocycles. The molecule has 174 valence electrons. The lowest BCUT2D eigenvalue weighted by Crippen LogP contribution is -2.19. The summed E-state index contributed by atoms with van der Waals surface area (Å²) in [7, 11) is 1.57. The van der Waals surface area contributed by atoms with Crippen LogP contribution in [0.1, 0.15) is 5.56 Å². The Labute approximate surface area is 201 Å². The van der Waals surface area contributed by atoms with Crippen molar-refractivity contribution < 1.29 is 9.53 Å². The summed E-state index contributed by atoms with van der Waals surface area (Å²) in [5, 5.41) is 9.04. The number of hydrogen-bond acceptors (Lipinski definition) is 6. The molecular formula is C26H23N7O2. The number of nitrogens with zero attached hydrogens (tertiary/aromatic N) is 4. The Bertz CT molecular complexity index is 1500. The van der Waals surface area contributed by atoms with E-state index in [0.29, 0.717) is 28.6 Å². The number of carbonyl (C=O) groups is 1. The number of aromatic nitrogens is 4. The van der Waals surface area contributed by atoms with Crippen LogP contribution in [0.2, 0.25) is 0 Å². The minimum atomic E-state index is -0.371. The molecular weight excluding hydrogens is 442 g/mol. The highest BCUT2D eigenvalue weighted by Crippen LogP contribution is 2.27. The first-order valence-corrected chi connectivity index (χ1v) is 10.9. The number of urea groups is 1. The molecule has 3 heterocycles. The quantitative estimate of drug-likeness (QED) is 0.306. The highest BCUT2D eigenvalue weighted by molar-refractivity contribution is 6.01. The molecule has 2 amide bonds. The summed E-state index contributed by atoms with van der Waals surface area (Å²) in [6.07, 6.45) is 8.91. The first-order valence-electron chi connectivity index (χ1n) is 10.9. The summed E-state index contributed by atoms with van der Waals surface area (Å²) >= 11 is 0. The molecule has 0 aliphatic heterocycles. The van der Waals surface area contributed by atoms with E-state index < -0.39 is 0 Å². The van der Waals surface area contributed by atoms with Gasteiger partial charge in [-0.1, -0.05) is 18.2 Å². The van der Waals surface area contributed by atoms with Gasteiger partial charge < -0.3 is 25.1 Å². The largest absolute Gasteiger partial charge is 0.495 e. The molecule has 9 nitrogen and oxygen atoms in total. The van der Waals surface area contributed by atoms with Crippen molar-refractivity contribution >= 4 is 34.6 Å². The number of pyridine rings is 1. The third kappa shape index (κ3) is 4.88. The van der Waals surface area contributed by atoms with E-state index in [1.807, 2.05) is 78.3 Å². The Morgan fingerprint density at radius 1 is 0.971 bits per heavy atom. The SMILES string of the molecule is COc1ccc(C)cc1NC(=O)Nc1cccc(-c2cn3ccnc3c(Nc3ccncc3)n2)c1. The van der Waals surface area contributed by atoms with Crippen LogP contribution in [0, 0.1) is 6.92 Å². The van der Waals surface area contributed by atoms with Gasteiger partial charge in [-0.25, -0.2) is 14.8 Å². The van der Waals surface area contributed by atoms with E-state index in [-0.39, 0.29) is 6.03 Å². The molecule has 0 unspecified atom stereocenters. The van der Waals surface area contributed by atoms with Crippen molar-refractivity contribution in [2.45, 2.75) is 6.92 Å². The van der Waals surface area contributed by atoms with Gasteiger partial charge in [0.1, 0.15) is 5.75 Å². The second-order valence-electron chi connectivity index (χ2n) is 7.86. The van der Waals surface area contributed by atoms with Crippen LogP contribution in [0.5, 0.6) is 5.75 Å². The molecule has 0 fully saturated rings. The standard InChI is InChI=1S/C26H23N7O2/c1-17-6-7-23(35-2)21(14-17)32-26(34)30-20-5-3-4-18(15-20)22-16-33-13-12-28-25(33)24(31-22)29-19-8-10-27-11-9-19/h3-16H,1-2H3,(H,27,29,31)(H2,30,32,34). The zero-order chi connectivity index (χ0) is 24.2. The van der Waals surface area contributed by atoms with Crippen LogP contribution in [0.25, 0.3) is 16.9 Å². The number of ether oxygens (including phenoxy) is 1. The maximum absolute atomic E-state index is 12.7. The molecule has 0 bridgehead atoms. The van der Waals surface area contributed by atoms with Gasteiger partial charge in [0.2, 0.25) is 0 Å². The summed E-state index contributed by atoms with van der Waals surface area (Å²) in [5.41, 5.74) is 5.35. The molecule has 5 aromatic rings. The maximum Gasteiger partial charge on any atom is 0.323 e. The molecule has 2 aromatic carbocycles. The van der Waals surface area contributed by atoms with Gasteiger partial charge in [-0.05, 0) is 48.9 Å². The molecule has 3 N–H and O–H groups in total. The van der Waals surface area contributed by atoms with E-state index in [4.69, 9.17) is 9.72 Å². The fraction of sp³-hybridized carbons (Fsp3) is 0.0769. The van der Waals surface area contributed by atoms with Crippen LogP contribution < -0.4 is 20.7 Å². The zero-order valence-corrected chi connectivity index (χ0v) is 19.2. The number of anilines is 4. The number of methoxy groups -OCH3 is 1. The molecule has 0 saturated carbocycles. The molecule has 0 radical (unpaired) electrons. The number of carbonyl (C=O) groups excluding carboxylic acids is 1. The van der Waals surface area contributed by atoms with Gasteiger partial charge in [0.25, 0.3) is 0 Å². The Hall–Kier alpha value is -4.92. The van der Waals surface area contributed by atoms with Gasteiger partial charge in [-0.3, -0.25) is 4.98 Å². The van der Waals surface area contributed by atoms with Crippen LogP contribution in [0.15, 0.2) is 85.6 Å². The molecule has 0 aliphatic rings. The van der Waals surface area contributed by atoms with Gasteiger partial charge in [-0.2, -0.15) is 0 Å². The van der Waals surface area contributed by atoms with Crippen LogP contribution >= 0.6 is 0 Å². The van der Waals surface area contributed by atoms with Crippen molar-refractivity contribution in [1.82, 2.24) is 19.4 Å². The average molecular weight is 466 g/mol. The Morgan fingerprint density at radius 2 is 1.83 bits per heavy atom. The average Bonchev–Trinajstić information content (AvgIpc) is 3.34. The van der Waals surface area contributed by atoms with E-state index in [9.17, 15) is 4.79 Å². The Morgan fingerprint density at radius 3 is 2.66 bits per heavy atom. The lowest BCUT2D eigenvalue weighted by Gasteiger charge is -2.13. The van der Waals surface area contributed by atoms with Crippen molar-refractivity contribution in [3.05, 3.63) is 91.1 Å². The maximum atomic E-state index is 12.7. The summed E-state index contributed by atoms with van der Waals surface area (Å²) in [4.78, 5) is 25.9. The number of aryl methyl sites for hydroxylation is 1. The summed E-state index contributed by atoms with van der Waals surface area (Å²) < 4.78 is 7.25. The first kappa shape index (κ1) is 21.9. The van der Waals surface area contributed by atoms with Gasteiger partial charge in [0.15, 0.2) is 11.5 Å². The zero-order valence-electron chi connectivity index (χ0n) is 19.2. The molecule has 9 heteroatoms. The second kappa shape index (κ2) is 9.52. The normalized spacial score (nSPS) is 10.7. The van der Waals surface area contributed by atoms with Crippen molar-refractivity contribution in [2.75, 3.05) is 23.1 Å². The van der Waals surface area contributed by atoms with Crippen molar-refractivity contribution in [1.29, 1.82) is 0 Å². The monoisotopic (exact) mass is 465 g/mol. The predicted octanol–water partition coefficient (Wildman–Crippen LogP) is 5.50. The molecule has 0 spiro atoms. The van der Waals surface area contributed by atoms with Crippen LogP contribution in [-0.2, 0) is 0 Å². The smallest absolute Gasteiger partial charge is 0.323 e. The molecule has 0 aliphatic carbocycles. The van der Waals surface area contributed by atoms with Gasteiger partial charge >= 0.3 is 6.03 Å². The minimum Gasteiger partial charge on any atom is -0.495 e. The summed E-state index contributed by atoms with van der Waals surface area (Å²) in [5.74, 6) is 1.20. The van der Waals surface area contributed by atoms with E-state index in [0.717, 1.165) is 22.5 Å². The molecule has 5 rings (SSSR count). The topological polar surface area (TPSA) is 105 Å². The summed E-state index contributed by atoms with van der Waals surface area (Å²) in [6.45, 7) is 1.95. The number of amides is 2. The molecule has 3 aromatic heterocycles. The molecule has 0 atom stereocenters. The lowest BCUT2D eigenvalue weighted by molar-refractivity contribution is 0.262. The van der Waals surface area contributed by atoms with E-state index >= 15 is 0 Å². The highest BCUT2D eigenvalue weighted by atomic mass is 16.5. The fourth-order valence-corrected chi connectivity index (χ4v) is 3.69. The first-order chi connectivity index (χ1) is 17.1. The minimum absolute atomic E-state index is 0.371. The van der Waals surface area contributed by atoms with Gasteiger partial charge in [0, 0.05) is 47.9 Å². The highest BCUT2D eigenvalue weighted by Gasteiger charge is 2.12. The Balaban J connectivity index is 1.40. The number of fused-ring (bicyclic) bond motifs is 1. The van der Waals surface area contributed by atoms with Gasteiger partial charge in [-0.15, -0.1) is 0 Å². The van der Waals surface area contributed by atoms with Crippen LogP contribution in [-0.4, -0.2) is 32.5 Å². The van der Waals surface area contributed by atoms with E-state index in [1.54, 1.807) is 25.7 Å². The van der Waals surface area contributed by atoms with Crippen molar-refractivity contribution in [2.24, 2.45) is 0 Å². The number of rotatable bonds is 6. The van der Waals surface area contributed by atoms with Crippen molar-refractivity contribution in [3.8, 4) is 17.0 Å². The Kier molecular flexibility index (Phi) is 5.96. The molecule has 35 heavy (non-hydrogen) atoms. The fourth-order valence-electron chi connectivity index (χ4n) is 3.69.